The van der Waals surface area contributed by atoms with Gasteiger partial charge in [0.05, 0.1) is 6.61 Å². The summed E-state index contributed by atoms with van der Waals surface area (Å²) in [7, 11) is 3.57. The number of rotatable bonds is 4. The molecule has 0 spiro atoms. The molecule has 0 saturated carbocycles. The van der Waals surface area contributed by atoms with E-state index >= 15 is 0 Å². The maximum atomic E-state index is 11.8. The van der Waals surface area contributed by atoms with Crippen molar-refractivity contribution in [3.05, 3.63) is 0 Å². The molecule has 0 bridgehead atoms. The molecule has 1 fully saturated rings. The summed E-state index contributed by atoms with van der Waals surface area (Å²) < 4.78 is 4.95. The van der Waals surface area contributed by atoms with Gasteiger partial charge in [-0.3, -0.25) is 9.69 Å². The topological polar surface area (TPSA) is 58.8 Å². The SMILES string of the molecule is COCCN1CCN(C)C(CN)C1=O. The molecular weight excluding hydrogens is 182 g/mol. The van der Waals surface area contributed by atoms with Crippen LogP contribution in [0.25, 0.3) is 0 Å². The minimum atomic E-state index is -0.152. The quantitative estimate of drug-likeness (QED) is 0.616. The first kappa shape index (κ1) is 11.4. The number of carbonyl (C=O) groups is 1. The van der Waals surface area contributed by atoms with Crippen LogP contribution in [-0.4, -0.2) is 68.7 Å². The van der Waals surface area contributed by atoms with Gasteiger partial charge in [0.25, 0.3) is 0 Å². The average molecular weight is 201 g/mol. The Balaban J connectivity index is 2.50. The Morgan fingerprint density at radius 3 is 2.86 bits per heavy atom. The maximum absolute atomic E-state index is 11.8. The summed E-state index contributed by atoms with van der Waals surface area (Å²) in [6, 6.07) is -0.152. The molecular formula is C9H19N3O2. The number of ether oxygens (including phenoxy) is 1. The van der Waals surface area contributed by atoms with Crippen molar-refractivity contribution in [1.82, 2.24) is 9.80 Å². The second-order valence-electron chi connectivity index (χ2n) is 3.55. The van der Waals surface area contributed by atoms with Crippen molar-refractivity contribution in [1.29, 1.82) is 0 Å². The molecule has 2 N–H and O–H groups in total. The van der Waals surface area contributed by atoms with E-state index in [0.717, 1.165) is 13.1 Å². The van der Waals surface area contributed by atoms with Crippen molar-refractivity contribution in [2.24, 2.45) is 5.73 Å². The second kappa shape index (κ2) is 5.29. The molecule has 1 rings (SSSR count). The summed E-state index contributed by atoms with van der Waals surface area (Å²) in [5.74, 6) is 0.123. The van der Waals surface area contributed by atoms with Crippen molar-refractivity contribution < 1.29 is 9.53 Å². The highest BCUT2D eigenvalue weighted by Gasteiger charge is 2.30. The molecule has 1 unspecified atom stereocenters. The van der Waals surface area contributed by atoms with Crippen LogP contribution in [0.3, 0.4) is 0 Å². The monoisotopic (exact) mass is 201 g/mol. The van der Waals surface area contributed by atoms with E-state index < -0.39 is 0 Å². The Morgan fingerprint density at radius 2 is 2.29 bits per heavy atom. The Morgan fingerprint density at radius 1 is 1.57 bits per heavy atom. The van der Waals surface area contributed by atoms with E-state index in [1.165, 1.54) is 0 Å². The van der Waals surface area contributed by atoms with E-state index in [1.54, 1.807) is 7.11 Å². The molecule has 0 radical (unpaired) electrons. The summed E-state index contributed by atoms with van der Waals surface area (Å²) in [6.45, 7) is 3.30. The van der Waals surface area contributed by atoms with Gasteiger partial charge in [0.1, 0.15) is 6.04 Å². The second-order valence-corrected chi connectivity index (χ2v) is 3.55. The number of amides is 1. The molecule has 1 atom stereocenters. The van der Waals surface area contributed by atoms with Crippen LogP contribution in [0, 0.1) is 0 Å². The van der Waals surface area contributed by atoms with Gasteiger partial charge in [0.15, 0.2) is 0 Å². The number of hydrogen-bond acceptors (Lipinski definition) is 4. The molecule has 5 heteroatoms. The first-order valence-electron chi connectivity index (χ1n) is 4.88. The Kier molecular flexibility index (Phi) is 4.31. The first-order chi connectivity index (χ1) is 6.70. The van der Waals surface area contributed by atoms with Crippen LogP contribution in [0.15, 0.2) is 0 Å². The molecule has 0 aromatic carbocycles. The molecule has 82 valence electrons. The van der Waals surface area contributed by atoms with Gasteiger partial charge in [-0.1, -0.05) is 0 Å². The fourth-order valence-corrected chi connectivity index (χ4v) is 1.65. The van der Waals surface area contributed by atoms with E-state index in [-0.39, 0.29) is 11.9 Å². The minimum absolute atomic E-state index is 0.123. The van der Waals surface area contributed by atoms with Crippen molar-refractivity contribution in [2.75, 3.05) is 46.9 Å². The van der Waals surface area contributed by atoms with E-state index in [0.29, 0.717) is 19.7 Å². The summed E-state index contributed by atoms with van der Waals surface area (Å²) in [4.78, 5) is 15.6. The smallest absolute Gasteiger partial charge is 0.241 e. The lowest BCUT2D eigenvalue weighted by atomic mass is 10.1. The molecule has 0 aromatic heterocycles. The van der Waals surface area contributed by atoms with E-state index in [2.05, 4.69) is 0 Å². The summed E-state index contributed by atoms with van der Waals surface area (Å²) in [5, 5.41) is 0. The van der Waals surface area contributed by atoms with Crippen molar-refractivity contribution >= 4 is 5.91 Å². The van der Waals surface area contributed by atoms with Gasteiger partial charge in [0, 0.05) is 33.3 Å². The third-order valence-corrected chi connectivity index (χ3v) is 2.64. The van der Waals surface area contributed by atoms with Crippen LogP contribution >= 0.6 is 0 Å². The Bertz CT molecular complexity index is 196. The molecule has 14 heavy (non-hydrogen) atoms. The molecule has 1 aliphatic heterocycles. The summed E-state index contributed by atoms with van der Waals surface area (Å²) in [6.07, 6.45) is 0. The number of methoxy groups -OCH3 is 1. The van der Waals surface area contributed by atoms with Gasteiger partial charge in [-0.2, -0.15) is 0 Å². The molecule has 5 nitrogen and oxygen atoms in total. The van der Waals surface area contributed by atoms with Gasteiger partial charge in [-0.15, -0.1) is 0 Å². The van der Waals surface area contributed by atoms with Crippen LogP contribution in [0.1, 0.15) is 0 Å². The number of nitrogens with two attached hydrogens (primary N) is 1. The van der Waals surface area contributed by atoms with Gasteiger partial charge in [-0.25, -0.2) is 0 Å². The van der Waals surface area contributed by atoms with E-state index in [1.807, 2.05) is 16.8 Å². The van der Waals surface area contributed by atoms with E-state index in [9.17, 15) is 4.79 Å². The molecule has 0 aromatic rings. The highest BCUT2D eigenvalue weighted by Crippen LogP contribution is 2.07. The zero-order valence-electron chi connectivity index (χ0n) is 8.90. The third-order valence-electron chi connectivity index (χ3n) is 2.64. The van der Waals surface area contributed by atoms with Crippen LogP contribution in [0.5, 0.6) is 0 Å². The van der Waals surface area contributed by atoms with Gasteiger partial charge in [0.2, 0.25) is 5.91 Å². The number of hydrogen-bond donors (Lipinski definition) is 1. The number of piperazine rings is 1. The van der Waals surface area contributed by atoms with Crippen LogP contribution in [0.2, 0.25) is 0 Å². The molecule has 1 heterocycles. The minimum Gasteiger partial charge on any atom is -0.383 e. The lowest BCUT2D eigenvalue weighted by molar-refractivity contribution is -0.141. The van der Waals surface area contributed by atoms with Crippen LogP contribution in [0.4, 0.5) is 0 Å². The van der Waals surface area contributed by atoms with Gasteiger partial charge >= 0.3 is 0 Å². The lowest BCUT2D eigenvalue weighted by Crippen LogP contribution is -2.58. The largest absolute Gasteiger partial charge is 0.383 e. The fourth-order valence-electron chi connectivity index (χ4n) is 1.65. The van der Waals surface area contributed by atoms with Gasteiger partial charge in [-0.05, 0) is 7.05 Å². The zero-order chi connectivity index (χ0) is 10.6. The van der Waals surface area contributed by atoms with Gasteiger partial charge < -0.3 is 15.4 Å². The van der Waals surface area contributed by atoms with Crippen LogP contribution < -0.4 is 5.73 Å². The lowest BCUT2D eigenvalue weighted by Gasteiger charge is -2.38. The number of nitrogens with zero attached hydrogens (tertiary/aromatic N) is 2. The Labute approximate surface area is 84.8 Å². The highest BCUT2D eigenvalue weighted by atomic mass is 16.5. The molecule has 0 aliphatic carbocycles. The predicted molar refractivity (Wildman–Crippen MR) is 53.9 cm³/mol. The van der Waals surface area contributed by atoms with Crippen LogP contribution in [-0.2, 0) is 9.53 Å². The molecule has 1 aliphatic rings. The normalized spacial score (nSPS) is 24.4. The third kappa shape index (κ3) is 2.43. The molecule has 1 saturated heterocycles. The fraction of sp³-hybridized carbons (Fsp3) is 0.889. The highest BCUT2D eigenvalue weighted by molar-refractivity contribution is 5.82. The number of likely N-dealkylation sites (N-methyl/N-ethyl adjacent to an activating group) is 1. The maximum Gasteiger partial charge on any atom is 0.241 e. The van der Waals surface area contributed by atoms with Crippen molar-refractivity contribution in [3.8, 4) is 0 Å². The van der Waals surface area contributed by atoms with Crippen molar-refractivity contribution in [3.63, 3.8) is 0 Å². The average Bonchev–Trinajstić information content (AvgIpc) is 2.18. The first-order valence-corrected chi connectivity index (χ1v) is 4.88. The molecule has 1 amide bonds. The predicted octanol–water partition coefficient (Wildman–Crippen LogP) is -1.27. The number of carbonyl (C=O) groups excluding carboxylic acids is 1. The zero-order valence-corrected chi connectivity index (χ0v) is 8.90. The van der Waals surface area contributed by atoms with Crippen molar-refractivity contribution in [2.45, 2.75) is 6.04 Å². The summed E-state index contributed by atoms with van der Waals surface area (Å²) >= 11 is 0. The summed E-state index contributed by atoms with van der Waals surface area (Å²) in [5.41, 5.74) is 5.55. The Hall–Kier alpha value is -0.650. The van der Waals surface area contributed by atoms with E-state index in [4.69, 9.17) is 10.5 Å². The standard InChI is InChI=1S/C9H19N3O2/c1-11-3-4-12(5-6-14-2)9(13)8(11)7-10/h8H,3-7,10H2,1-2H3.